The molecule has 0 unspecified atom stereocenters. The van der Waals surface area contributed by atoms with E-state index >= 15 is 0 Å². The van der Waals surface area contributed by atoms with E-state index in [0.29, 0.717) is 38.4 Å². The first-order valence-electron chi connectivity index (χ1n) is 10.9. The Labute approximate surface area is 188 Å². The summed E-state index contributed by atoms with van der Waals surface area (Å²) >= 11 is 0. The fourth-order valence-electron chi connectivity index (χ4n) is 3.90. The van der Waals surface area contributed by atoms with E-state index < -0.39 is 37.0 Å². The van der Waals surface area contributed by atoms with Crippen molar-refractivity contribution < 1.29 is 41.7 Å². The van der Waals surface area contributed by atoms with Crippen molar-refractivity contribution in [3.05, 3.63) is 17.7 Å². The average molecular weight is 476 g/mol. The summed E-state index contributed by atoms with van der Waals surface area (Å²) in [7, 11) is 1.45. The lowest BCUT2D eigenvalue weighted by atomic mass is 9.95. The van der Waals surface area contributed by atoms with Crippen LogP contribution in [-0.2, 0) is 16.6 Å². The molecule has 2 aromatic rings. The number of nitrogens with zero attached hydrogens (tertiary/aromatic N) is 2. The molecule has 1 aliphatic carbocycles. The number of halogens is 4. The van der Waals surface area contributed by atoms with Gasteiger partial charge in [0.1, 0.15) is 30.4 Å². The van der Waals surface area contributed by atoms with Crippen LogP contribution in [0.1, 0.15) is 39.0 Å². The highest BCUT2D eigenvalue weighted by Crippen LogP contribution is 2.33. The molecule has 0 radical (unpaired) electrons. The van der Waals surface area contributed by atoms with E-state index in [2.05, 4.69) is 9.72 Å². The van der Waals surface area contributed by atoms with Crippen molar-refractivity contribution in [3.63, 3.8) is 0 Å². The first kappa shape index (κ1) is 25.2. The van der Waals surface area contributed by atoms with E-state index in [1.54, 1.807) is 0 Å². The maximum atomic E-state index is 14.8. The number of Topliss-reactive ketones (excluding diaryl/α,β-unsaturated/α-hetero) is 1. The summed E-state index contributed by atoms with van der Waals surface area (Å²) in [5.74, 6) is -2.69. The Morgan fingerprint density at radius 2 is 1.88 bits per heavy atom. The molecule has 0 aliphatic heterocycles. The van der Waals surface area contributed by atoms with Crippen LogP contribution in [0.25, 0.3) is 11.0 Å². The third-order valence-corrected chi connectivity index (χ3v) is 5.59. The molecule has 11 heteroatoms. The first-order valence-corrected chi connectivity index (χ1v) is 10.9. The van der Waals surface area contributed by atoms with Gasteiger partial charge in [-0.2, -0.15) is 4.98 Å². The van der Waals surface area contributed by atoms with Gasteiger partial charge in [0.15, 0.2) is 23.2 Å². The zero-order chi connectivity index (χ0) is 24.1. The molecule has 1 heterocycles. The van der Waals surface area contributed by atoms with Crippen molar-refractivity contribution in [1.82, 2.24) is 9.55 Å². The lowest BCUT2D eigenvalue weighted by Gasteiger charge is -2.29. The second-order valence-corrected chi connectivity index (χ2v) is 8.38. The van der Waals surface area contributed by atoms with E-state index in [4.69, 9.17) is 14.6 Å². The number of aliphatic hydroxyl groups excluding tert-OH is 1. The van der Waals surface area contributed by atoms with Gasteiger partial charge in [-0.3, -0.25) is 9.36 Å². The van der Waals surface area contributed by atoms with Gasteiger partial charge in [-0.15, -0.1) is 0 Å². The first-order chi connectivity index (χ1) is 15.7. The molecule has 7 nitrogen and oxygen atoms in total. The van der Waals surface area contributed by atoms with Crippen LogP contribution in [0, 0.1) is 17.6 Å². The maximum Gasteiger partial charge on any atom is 0.297 e. The maximum absolute atomic E-state index is 14.8. The van der Waals surface area contributed by atoms with Crippen LogP contribution < -0.4 is 9.47 Å². The number of aliphatic hydroxyl groups is 1. The predicted molar refractivity (Wildman–Crippen MR) is 111 cm³/mol. The Balaban J connectivity index is 1.59. The number of fused-ring (bicyclic) bond motifs is 1. The van der Waals surface area contributed by atoms with E-state index in [1.807, 2.05) is 6.92 Å². The Morgan fingerprint density at radius 3 is 2.52 bits per heavy atom. The standard InChI is InChI=1S/C22H28F4N2O5/c1-12(7-13(30)9-29)10-31-14-3-5-15(6-4-14)33-22-27-20-16(23)8-17(32-11-18(24)25)19(26)21(20)28(22)2/h8,12,14-15,18,29H,3-7,9-11H2,1-2H3/t12-,14?,15?/m1/s1. The van der Waals surface area contributed by atoms with Crippen molar-refractivity contribution >= 4 is 16.8 Å². The quantitative estimate of drug-likeness (QED) is 0.497. The lowest BCUT2D eigenvalue weighted by molar-refractivity contribution is -0.123. The minimum Gasteiger partial charge on any atom is -0.484 e. The summed E-state index contributed by atoms with van der Waals surface area (Å²) in [6.45, 7) is 0.787. The molecule has 1 N–H and O–H groups in total. The van der Waals surface area contributed by atoms with Gasteiger partial charge < -0.3 is 19.3 Å². The zero-order valence-corrected chi connectivity index (χ0v) is 18.5. The van der Waals surface area contributed by atoms with Crippen LogP contribution in [0.5, 0.6) is 11.8 Å². The molecule has 3 rings (SSSR count). The Bertz CT molecular complexity index is 960. The van der Waals surface area contributed by atoms with Crippen LogP contribution in [-0.4, -0.2) is 58.9 Å². The normalized spacial score (nSPS) is 19.8. The van der Waals surface area contributed by atoms with Crippen LogP contribution >= 0.6 is 0 Å². The smallest absolute Gasteiger partial charge is 0.297 e. The topological polar surface area (TPSA) is 82.8 Å². The zero-order valence-electron chi connectivity index (χ0n) is 18.5. The molecule has 184 valence electrons. The molecular formula is C22H28F4N2O5. The van der Waals surface area contributed by atoms with Crippen molar-refractivity contribution in [3.8, 4) is 11.8 Å². The number of ketones is 1. The molecule has 0 saturated heterocycles. The summed E-state index contributed by atoms with van der Waals surface area (Å²) < 4.78 is 71.6. The number of ether oxygens (including phenoxy) is 3. The van der Waals surface area contributed by atoms with Gasteiger partial charge in [-0.25, -0.2) is 17.6 Å². The number of rotatable bonds is 11. The van der Waals surface area contributed by atoms with Crippen molar-refractivity contribution in [2.45, 2.75) is 57.7 Å². The average Bonchev–Trinajstić information content (AvgIpc) is 3.11. The number of alkyl halides is 2. The van der Waals surface area contributed by atoms with Gasteiger partial charge >= 0.3 is 0 Å². The fourth-order valence-corrected chi connectivity index (χ4v) is 3.90. The molecule has 0 bridgehead atoms. The Kier molecular flexibility index (Phi) is 8.52. The molecule has 1 aromatic heterocycles. The highest BCUT2D eigenvalue weighted by molar-refractivity contribution is 5.80. The molecular weight excluding hydrogens is 448 g/mol. The van der Waals surface area contributed by atoms with Gasteiger partial charge in [-0.05, 0) is 31.6 Å². The van der Waals surface area contributed by atoms with E-state index in [1.165, 1.54) is 11.6 Å². The van der Waals surface area contributed by atoms with Gasteiger partial charge in [-0.1, -0.05) is 6.92 Å². The van der Waals surface area contributed by atoms with Crippen LogP contribution in [0.4, 0.5) is 17.6 Å². The molecule has 0 amide bonds. The molecule has 1 aromatic carbocycles. The molecule has 0 spiro atoms. The van der Waals surface area contributed by atoms with Crippen LogP contribution in [0.15, 0.2) is 6.07 Å². The minimum absolute atomic E-state index is 0.0120. The monoisotopic (exact) mass is 476 g/mol. The summed E-state index contributed by atoms with van der Waals surface area (Å²) in [5.41, 5.74) is -0.490. The third-order valence-electron chi connectivity index (χ3n) is 5.59. The largest absolute Gasteiger partial charge is 0.484 e. The van der Waals surface area contributed by atoms with Gasteiger partial charge in [0, 0.05) is 26.1 Å². The number of benzene rings is 1. The highest BCUT2D eigenvalue weighted by atomic mass is 19.3. The predicted octanol–water partition coefficient (Wildman–Crippen LogP) is 3.79. The lowest BCUT2D eigenvalue weighted by Crippen LogP contribution is -2.30. The Hall–Kier alpha value is -2.40. The fraction of sp³-hybridized carbons (Fsp3) is 0.636. The van der Waals surface area contributed by atoms with E-state index in [0.717, 1.165) is 0 Å². The summed E-state index contributed by atoms with van der Waals surface area (Å²) in [6.07, 6.45) is -0.0525. The van der Waals surface area contributed by atoms with Crippen molar-refractivity contribution in [2.24, 2.45) is 13.0 Å². The molecule has 1 atom stereocenters. The SMILES string of the molecule is C[C@@H](COC1CCC(Oc2nc3c(F)cc(OCC(F)F)c(F)c3n2C)CC1)CC(=O)CO. The second kappa shape index (κ2) is 11.1. The van der Waals surface area contributed by atoms with Gasteiger partial charge in [0.05, 0.1) is 6.10 Å². The summed E-state index contributed by atoms with van der Waals surface area (Å²) in [6, 6.07) is 0.725. The minimum atomic E-state index is -2.82. The number of carbonyl (C=O) groups is 1. The summed E-state index contributed by atoms with van der Waals surface area (Å²) in [4.78, 5) is 15.3. The third kappa shape index (κ3) is 6.35. The number of hydrogen-bond acceptors (Lipinski definition) is 6. The Morgan fingerprint density at radius 1 is 1.21 bits per heavy atom. The highest BCUT2D eigenvalue weighted by Gasteiger charge is 2.27. The number of aromatic nitrogens is 2. The van der Waals surface area contributed by atoms with Crippen LogP contribution in [0.3, 0.4) is 0 Å². The summed E-state index contributed by atoms with van der Waals surface area (Å²) in [5, 5.41) is 8.82. The molecule has 33 heavy (non-hydrogen) atoms. The van der Waals surface area contributed by atoms with Crippen molar-refractivity contribution in [2.75, 3.05) is 19.8 Å². The molecule has 1 aliphatic rings. The van der Waals surface area contributed by atoms with E-state index in [-0.39, 0.29) is 47.4 Å². The number of carbonyl (C=O) groups excluding carboxylic acids is 1. The number of hydrogen-bond donors (Lipinski definition) is 1. The van der Waals surface area contributed by atoms with Crippen LogP contribution in [0.2, 0.25) is 0 Å². The number of aryl methyl sites for hydroxylation is 1. The van der Waals surface area contributed by atoms with E-state index in [9.17, 15) is 22.4 Å². The molecule has 1 fully saturated rings. The molecule has 1 saturated carbocycles. The second-order valence-electron chi connectivity index (χ2n) is 8.38. The van der Waals surface area contributed by atoms with Gasteiger partial charge in [0.2, 0.25) is 0 Å². The van der Waals surface area contributed by atoms with Gasteiger partial charge in [0.25, 0.3) is 12.4 Å². The number of imidazole rings is 1. The van der Waals surface area contributed by atoms with Crippen molar-refractivity contribution in [1.29, 1.82) is 0 Å².